The number of nitrogens with one attached hydrogen (secondary N) is 1. The molecule has 2 fully saturated rings. The Hall–Kier alpha value is -1.24. The molecule has 1 aromatic carbocycles. The van der Waals surface area contributed by atoms with Gasteiger partial charge in [-0.2, -0.15) is 0 Å². The number of ether oxygens (including phenoxy) is 2. The van der Waals surface area contributed by atoms with Crippen molar-refractivity contribution in [2.45, 2.75) is 25.3 Å². The van der Waals surface area contributed by atoms with E-state index < -0.39 is 17.5 Å². The van der Waals surface area contributed by atoms with Crippen LogP contribution in [-0.4, -0.2) is 38.4 Å². The second-order valence-corrected chi connectivity index (χ2v) is 6.71. The van der Waals surface area contributed by atoms with Crippen LogP contribution in [0.2, 0.25) is 5.02 Å². The molecule has 0 bridgehead atoms. The highest BCUT2D eigenvalue weighted by atomic mass is 35.5. The smallest absolute Gasteiger partial charge is 0.253 e. The molecule has 3 rings (SSSR count). The number of rotatable bonds is 3. The first-order valence-electron chi connectivity index (χ1n) is 8.17. The molecule has 1 amide bonds. The average molecular weight is 360 g/mol. The molecule has 0 spiro atoms. The molecular formula is C17H20ClF2NO3. The summed E-state index contributed by atoms with van der Waals surface area (Å²) in [6, 6.07) is 1.60. The van der Waals surface area contributed by atoms with Gasteiger partial charge < -0.3 is 14.8 Å². The molecule has 2 atom stereocenters. The summed E-state index contributed by atoms with van der Waals surface area (Å²) in [7, 11) is 0. The predicted molar refractivity (Wildman–Crippen MR) is 85.1 cm³/mol. The van der Waals surface area contributed by atoms with Gasteiger partial charge in [0.25, 0.3) is 5.91 Å². The Morgan fingerprint density at radius 2 is 1.75 bits per heavy atom. The maximum absolute atomic E-state index is 13.4. The number of halogens is 3. The largest absolute Gasteiger partial charge is 0.381 e. The fourth-order valence-electron chi connectivity index (χ4n) is 3.49. The number of hydrogen-bond donors (Lipinski definition) is 1. The Morgan fingerprint density at radius 3 is 2.50 bits per heavy atom. The summed E-state index contributed by atoms with van der Waals surface area (Å²) >= 11 is 5.89. The van der Waals surface area contributed by atoms with E-state index in [1.165, 1.54) is 0 Å². The van der Waals surface area contributed by atoms with E-state index in [2.05, 4.69) is 5.32 Å². The number of carbonyl (C=O) groups is 1. The molecule has 132 valence electrons. The van der Waals surface area contributed by atoms with Crippen LogP contribution < -0.4 is 5.32 Å². The predicted octanol–water partition coefficient (Wildman–Crippen LogP) is 3.18. The van der Waals surface area contributed by atoms with E-state index in [0.717, 1.165) is 38.2 Å². The van der Waals surface area contributed by atoms with Crippen molar-refractivity contribution in [2.75, 3.05) is 26.4 Å². The number of carbonyl (C=O) groups excluding carboxylic acids is 1. The van der Waals surface area contributed by atoms with Crippen LogP contribution in [0.3, 0.4) is 0 Å². The van der Waals surface area contributed by atoms with Gasteiger partial charge in [0.15, 0.2) is 11.6 Å². The van der Waals surface area contributed by atoms with E-state index in [9.17, 15) is 13.6 Å². The minimum absolute atomic E-state index is 0.0483. The molecule has 1 N–H and O–H groups in total. The standard InChI is InChI=1S/C17H20ClF2NO3/c18-13-8-15(20)14(19)7-11(13)17(22)21-16-3-6-24-9-12(16)10-1-4-23-5-2-10/h7-8,10,12,16H,1-6,9H2,(H,21,22)/t12-,16-/m1/s1. The van der Waals surface area contributed by atoms with E-state index in [1.807, 2.05) is 0 Å². The van der Waals surface area contributed by atoms with Gasteiger partial charge in [0.1, 0.15) is 0 Å². The summed E-state index contributed by atoms with van der Waals surface area (Å²) < 4.78 is 37.6. The first-order chi connectivity index (χ1) is 11.6. The van der Waals surface area contributed by atoms with Crippen LogP contribution in [0.5, 0.6) is 0 Å². The number of amides is 1. The van der Waals surface area contributed by atoms with E-state index in [4.69, 9.17) is 21.1 Å². The summed E-state index contributed by atoms with van der Waals surface area (Å²) in [6.45, 7) is 2.59. The normalized spacial score (nSPS) is 25.5. The van der Waals surface area contributed by atoms with Crippen molar-refractivity contribution in [3.8, 4) is 0 Å². The zero-order chi connectivity index (χ0) is 17.1. The highest BCUT2D eigenvalue weighted by Gasteiger charge is 2.34. The van der Waals surface area contributed by atoms with Crippen molar-refractivity contribution in [3.05, 3.63) is 34.4 Å². The lowest BCUT2D eigenvalue weighted by molar-refractivity contribution is -0.0259. The molecule has 1 aromatic rings. The van der Waals surface area contributed by atoms with Crippen LogP contribution in [0.4, 0.5) is 8.78 Å². The van der Waals surface area contributed by atoms with E-state index in [0.29, 0.717) is 25.6 Å². The lowest BCUT2D eigenvalue weighted by Gasteiger charge is -2.39. The Bertz CT molecular complexity index is 608. The van der Waals surface area contributed by atoms with Crippen LogP contribution >= 0.6 is 11.6 Å². The maximum atomic E-state index is 13.4. The third kappa shape index (κ3) is 3.87. The average Bonchev–Trinajstić information content (AvgIpc) is 2.59. The van der Waals surface area contributed by atoms with Crippen LogP contribution in [0.1, 0.15) is 29.6 Å². The molecule has 0 radical (unpaired) electrons. The minimum atomic E-state index is -1.09. The SMILES string of the molecule is O=C(N[C@@H]1CCOC[C@@H]1C1CCOCC1)c1cc(F)c(F)cc1Cl. The van der Waals surface area contributed by atoms with Crippen LogP contribution in [0.15, 0.2) is 12.1 Å². The summed E-state index contributed by atoms with van der Waals surface area (Å²) in [6.07, 6.45) is 2.56. The molecule has 2 saturated heterocycles. The zero-order valence-electron chi connectivity index (χ0n) is 13.2. The van der Waals surface area contributed by atoms with Crippen molar-refractivity contribution in [1.29, 1.82) is 0 Å². The lowest BCUT2D eigenvalue weighted by Crippen LogP contribution is -2.49. The van der Waals surface area contributed by atoms with Gasteiger partial charge in [0.2, 0.25) is 0 Å². The first kappa shape index (κ1) is 17.6. The van der Waals surface area contributed by atoms with Gasteiger partial charge in [-0.15, -0.1) is 0 Å². The quantitative estimate of drug-likeness (QED) is 0.843. The van der Waals surface area contributed by atoms with Crippen LogP contribution in [-0.2, 0) is 9.47 Å². The minimum Gasteiger partial charge on any atom is -0.381 e. The Kier molecular flexibility index (Phi) is 5.69. The molecule has 0 aliphatic carbocycles. The molecule has 0 aromatic heterocycles. The van der Waals surface area contributed by atoms with Crippen LogP contribution in [0, 0.1) is 23.5 Å². The van der Waals surface area contributed by atoms with Gasteiger partial charge >= 0.3 is 0 Å². The zero-order valence-corrected chi connectivity index (χ0v) is 14.0. The second-order valence-electron chi connectivity index (χ2n) is 6.30. The molecule has 24 heavy (non-hydrogen) atoms. The van der Waals surface area contributed by atoms with Crippen molar-refractivity contribution < 1.29 is 23.0 Å². The van der Waals surface area contributed by atoms with E-state index in [1.54, 1.807) is 0 Å². The van der Waals surface area contributed by atoms with E-state index >= 15 is 0 Å². The van der Waals surface area contributed by atoms with Gasteiger partial charge in [0, 0.05) is 31.8 Å². The molecule has 2 heterocycles. The molecule has 0 unspecified atom stereocenters. The third-order valence-corrected chi connectivity index (χ3v) is 5.16. The molecule has 2 aliphatic rings. The van der Waals surface area contributed by atoms with E-state index in [-0.39, 0.29) is 22.5 Å². The monoisotopic (exact) mass is 359 g/mol. The first-order valence-corrected chi connectivity index (χ1v) is 8.55. The fourth-order valence-corrected chi connectivity index (χ4v) is 3.73. The van der Waals surface area contributed by atoms with Crippen molar-refractivity contribution >= 4 is 17.5 Å². The summed E-state index contributed by atoms with van der Waals surface area (Å²) in [5, 5.41) is 2.84. The highest BCUT2D eigenvalue weighted by Crippen LogP contribution is 2.31. The Morgan fingerprint density at radius 1 is 1.08 bits per heavy atom. The molecular weight excluding hydrogens is 340 g/mol. The topological polar surface area (TPSA) is 47.6 Å². The Labute approximate surface area is 144 Å². The fraction of sp³-hybridized carbons (Fsp3) is 0.588. The molecule has 2 aliphatic heterocycles. The third-order valence-electron chi connectivity index (χ3n) is 4.84. The van der Waals surface area contributed by atoms with Gasteiger partial charge in [-0.25, -0.2) is 8.78 Å². The van der Waals surface area contributed by atoms with Gasteiger partial charge in [0.05, 0.1) is 17.2 Å². The lowest BCUT2D eigenvalue weighted by atomic mass is 9.79. The van der Waals surface area contributed by atoms with Gasteiger partial charge in [-0.05, 0) is 37.3 Å². The van der Waals surface area contributed by atoms with Crippen molar-refractivity contribution in [3.63, 3.8) is 0 Å². The van der Waals surface area contributed by atoms with Crippen molar-refractivity contribution in [2.24, 2.45) is 11.8 Å². The molecule has 4 nitrogen and oxygen atoms in total. The molecule has 0 saturated carbocycles. The number of benzene rings is 1. The van der Waals surface area contributed by atoms with Crippen LogP contribution in [0.25, 0.3) is 0 Å². The summed E-state index contributed by atoms with van der Waals surface area (Å²) in [5.41, 5.74) is -0.0483. The molecule has 7 heteroatoms. The second kappa shape index (κ2) is 7.76. The summed E-state index contributed by atoms with van der Waals surface area (Å²) in [5.74, 6) is -2.02. The van der Waals surface area contributed by atoms with Gasteiger partial charge in [-0.3, -0.25) is 4.79 Å². The Balaban J connectivity index is 1.72. The highest BCUT2D eigenvalue weighted by molar-refractivity contribution is 6.33. The number of hydrogen-bond acceptors (Lipinski definition) is 3. The summed E-state index contributed by atoms with van der Waals surface area (Å²) in [4.78, 5) is 12.5. The van der Waals surface area contributed by atoms with Gasteiger partial charge in [-0.1, -0.05) is 11.6 Å². The van der Waals surface area contributed by atoms with Crippen molar-refractivity contribution in [1.82, 2.24) is 5.32 Å². The maximum Gasteiger partial charge on any atom is 0.253 e.